The van der Waals surface area contributed by atoms with Crippen LogP contribution in [0.5, 0.6) is 11.5 Å². The molecule has 0 aliphatic rings. The van der Waals surface area contributed by atoms with E-state index in [9.17, 15) is 9.90 Å². The second-order valence-electron chi connectivity index (χ2n) is 6.15. The number of unbranched alkanes of at least 4 members (excludes halogenated alkanes) is 3. The van der Waals surface area contributed by atoms with Gasteiger partial charge in [-0.3, -0.25) is 0 Å². The van der Waals surface area contributed by atoms with Gasteiger partial charge in [0.1, 0.15) is 23.2 Å². The maximum atomic E-state index is 11.8. The van der Waals surface area contributed by atoms with Gasteiger partial charge >= 0.3 is 5.97 Å². The molecule has 4 nitrogen and oxygen atoms in total. The molecule has 0 fully saturated rings. The minimum Gasteiger partial charge on any atom is -0.507 e. The number of methoxy groups -OCH3 is 1. The molecule has 134 valence electrons. The predicted octanol–water partition coefficient (Wildman–Crippen LogP) is 5.09. The van der Waals surface area contributed by atoms with Crippen LogP contribution in [0.15, 0.2) is 18.7 Å². The molecule has 0 bridgehead atoms. The summed E-state index contributed by atoms with van der Waals surface area (Å²) in [6.45, 7) is 9.51. The molecule has 24 heavy (non-hydrogen) atoms. The lowest BCUT2D eigenvalue weighted by Gasteiger charge is -2.21. The molecular formula is C20H30O4. The van der Waals surface area contributed by atoms with Gasteiger partial charge in [0.2, 0.25) is 0 Å². The minimum atomic E-state index is -0.540. The third-order valence-electron chi connectivity index (χ3n) is 4.20. The Morgan fingerprint density at radius 3 is 2.62 bits per heavy atom. The molecule has 0 spiro atoms. The van der Waals surface area contributed by atoms with E-state index in [1.54, 1.807) is 19.9 Å². The van der Waals surface area contributed by atoms with Gasteiger partial charge in [-0.05, 0) is 38.3 Å². The smallest absolute Gasteiger partial charge is 0.341 e. The summed E-state index contributed by atoms with van der Waals surface area (Å²) < 4.78 is 10.8. The molecule has 1 unspecified atom stereocenters. The normalized spacial score (nSPS) is 11.8. The fraction of sp³-hybridized carbons (Fsp3) is 0.550. The summed E-state index contributed by atoms with van der Waals surface area (Å²) in [6, 6.07) is 1.80. The van der Waals surface area contributed by atoms with Gasteiger partial charge in [0.25, 0.3) is 0 Å². The van der Waals surface area contributed by atoms with Crippen LogP contribution in [-0.4, -0.2) is 24.3 Å². The molecule has 0 heterocycles. The quantitative estimate of drug-likeness (QED) is 0.368. The third kappa shape index (κ3) is 5.29. The maximum absolute atomic E-state index is 11.8. The van der Waals surface area contributed by atoms with Crippen molar-refractivity contribution in [2.45, 2.75) is 65.4 Å². The predicted molar refractivity (Wildman–Crippen MR) is 96.9 cm³/mol. The van der Waals surface area contributed by atoms with E-state index in [0.29, 0.717) is 16.9 Å². The highest BCUT2D eigenvalue weighted by Crippen LogP contribution is 2.35. The number of benzene rings is 1. The lowest BCUT2D eigenvalue weighted by Crippen LogP contribution is -2.17. The Balaban J connectivity index is 2.95. The van der Waals surface area contributed by atoms with E-state index >= 15 is 0 Å². The first kappa shape index (κ1) is 20.1. The van der Waals surface area contributed by atoms with Gasteiger partial charge in [0.05, 0.1) is 7.11 Å². The molecule has 0 aromatic heterocycles. The van der Waals surface area contributed by atoms with Crippen LogP contribution in [0.4, 0.5) is 0 Å². The summed E-state index contributed by atoms with van der Waals surface area (Å²) in [5.41, 5.74) is 1.40. The molecule has 0 aliphatic heterocycles. The van der Waals surface area contributed by atoms with Gasteiger partial charge < -0.3 is 14.6 Å². The number of phenols is 1. The van der Waals surface area contributed by atoms with Crippen LogP contribution >= 0.6 is 0 Å². The summed E-state index contributed by atoms with van der Waals surface area (Å²) in [6.07, 6.45) is 8.32. The molecule has 4 heteroatoms. The van der Waals surface area contributed by atoms with Gasteiger partial charge in [-0.25, -0.2) is 4.79 Å². The summed E-state index contributed by atoms with van der Waals surface area (Å²) >= 11 is 0. The molecule has 0 aliphatic carbocycles. The minimum absolute atomic E-state index is 0.0285. The number of hydrogen-bond acceptors (Lipinski definition) is 4. The van der Waals surface area contributed by atoms with Crippen LogP contribution in [0.3, 0.4) is 0 Å². The number of esters is 1. The van der Waals surface area contributed by atoms with E-state index in [-0.39, 0.29) is 17.4 Å². The number of aromatic hydroxyl groups is 1. The number of aryl methyl sites for hydroxylation is 1. The number of rotatable bonds is 10. The zero-order chi connectivity index (χ0) is 18.1. The Hall–Kier alpha value is -1.97. The van der Waals surface area contributed by atoms with Crippen molar-refractivity contribution in [3.63, 3.8) is 0 Å². The van der Waals surface area contributed by atoms with E-state index < -0.39 is 5.97 Å². The van der Waals surface area contributed by atoms with Gasteiger partial charge in [-0.1, -0.05) is 32.3 Å². The highest BCUT2D eigenvalue weighted by molar-refractivity contribution is 5.95. The SMILES string of the molecule is C=CCC(CCCCCC)Oc1cc(C)c(C(=O)OC)c(O)c1C. The first-order valence-corrected chi connectivity index (χ1v) is 8.65. The van der Waals surface area contributed by atoms with E-state index in [4.69, 9.17) is 9.47 Å². The molecule has 1 N–H and O–H groups in total. The monoisotopic (exact) mass is 334 g/mol. The van der Waals surface area contributed by atoms with E-state index in [1.165, 1.54) is 26.4 Å². The Labute approximate surface area is 145 Å². The summed E-state index contributed by atoms with van der Waals surface area (Å²) in [7, 11) is 1.30. The van der Waals surface area contributed by atoms with Gasteiger partial charge in [0.15, 0.2) is 0 Å². The first-order valence-electron chi connectivity index (χ1n) is 8.65. The van der Waals surface area contributed by atoms with E-state index in [2.05, 4.69) is 13.5 Å². The highest BCUT2D eigenvalue weighted by Gasteiger charge is 2.21. The van der Waals surface area contributed by atoms with Crippen LogP contribution in [-0.2, 0) is 4.74 Å². The van der Waals surface area contributed by atoms with Crippen molar-refractivity contribution in [1.29, 1.82) is 0 Å². The largest absolute Gasteiger partial charge is 0.507 e. The van der Waals surface area contributed by atoms with Crippen molar-refractivity contribution < 1.29 is 19.4 Å². The number of carbonyl (C=O) groups excluding carboxylic acids is 1. The van der Waals surface area contributed by atoms with Crippen molar-refractivity contribution in [1.82, 2.24) is 0 Å². The second-order valence-corrected chi connectivity index (χ2v) is 6.15. The molecule has 0 amide bonds. The van der Waals surface area contributed by atoms with E-state index in [1.807, 2.05) is 6.08 Å². The summed E-state index contributed by atoms with van der Waals surface area (Å²) in [5, 5.41) is 10.3. The first-order chi connectivity index (χ1) is 11.5. The van der Waals surface area contributed by atoms with Crippen LogP contribution in [0.25, 0.3) is 0 Å². The van der Waals surface area contributed by atoms with Gasteiger partial charge in [-0.2, -0.15) is 0 Å². The Bertz CT molecular complexity index is 563. The fourth-order valence-corrected chi connectivity index (χ4v) is 2.74. The highest BCUT2D eigenvalue weighted by atomic mass is 16.5. The fourth-order valence-electron chi connectivity index (χ4n) is 2.74. The lowest BCUT2D eigenvalue weighted by atomic mass is 10.0. The van der Waals surface area contributed by atoms with Crippen LogP contribution in [0.2, 0.25) is 0 Å². The molecule has 1 aromatic rings. The Morgan fingerprint density at radius 2 is 2.04 bits per heavy atom. The van der Waals surface area contributed by atoms with Crippen molar-refractivity contribution >= 4 is 5.97 Å². The van der Waals surface area contributed by atoms with Gasteiger partial charge in [-0.15, -0.1) is 6.58 Å². The van der Waals surface area contributed by atoms with Gasteiger partial charge in [0, 0.05) is 12.0 Å². The Kier molecular flexibility index (Phi) is 8.37. The number of carbonyl (C=O) groups is 1. The lowest BCUT2D eigenvalue weighted by molar-refractivity contribution is 0.0596. The summed E-state index contributed by atoms with van der Waals surface area (Å²) in [4.78, 5) is 11.8. The van der Waals surface area contributed by atoms with E-state index in [0.717, 1.165) is 19.3 Å². The van der Waals surface area contributed by atoms with Crippen molar-refractivity contribution in [2.24, 2.45) is 0 Å². The molecule has 0 radical (unpaired) electrons. The maximum Gasteiger partial charge on any atom is 0.341 e. The Morgan fingerprint density at radius 1 is 1.33 bits per heavy atom. The van der Waals surface area contributed by atoms with Crippen LogP contribution < -0.4 is 4.74 Å². The topological polar surface area (TPSA) is 55.8 Å². The zero-order valence-corrected chi connectivity index (χ0v) is 15.4. The third-order valence-corrected chi connectivity index (χ3v) is 4.20. The molecule has 1 rings (SSSR count). The molecule has 0 saturated heterocycles. The van der Waals surface area contributed by atoms with Crippen molar-refractivity contribution in [2.75, 3.05) is 7.11 Å². The number of phenolic OH excluding ortho intramolecular Hbond substituents is 1. The van der Waals surface area contributed by atoms with Crippen molar-refractivity contribution in [3.05, 3.63) is 35.4 Å². The van der Waals surface area contributed by atoms with Crippen LogP contribution in [0, 0.1) is 13.8 Å². The number of ether oxygens (including phenoxy) is 2. The number of hydrogen-bond donors (Lipinski definition) is 1. The zero-order valence-electron chi connectivity index (χ0n) is 15.4. The molecule has 1 aromatic carbocycles. The molecular weight excluding hydrogens is 304 g/mol. The van der Waals surface area contributed by atoms with Crippen molar-refractivity contribution in [3.8, 4) is 11.5 Å². The molecule has 0 saturated carbocycles. The molecule has 1 atom stereocenters. The average molecular weight is 334 g/mol. The van der Waals surface area contributed by atoms with Crippen LogP contribution in [0.1, 0.15) is 66.9 Å². The average Bonchev–Trinajstić information content (AvgIpc) is 2.56. The standard InChI is InChI=1S/C20H30O4/c1-6-8-9-10-12-16(11-7-2)24-17-13-14(3)18(20(22)23-5)19(21)15(17)4/h7,13,16,21H,2,6,8-12H2,1,3-5H3. The summed E-state index contributed by atoms with van der Waals surface area (Å²) in [5.74, 6) is 0.00189. The second kappa shape index (κ2) is 10.0.